The molecular formula is C19H20ClN3O3. The van der Waals surface area contributed by atoms with Gasteiger partial charge in [-0.1, -0.05) is 17.7 Å². The third kappa shape index (κ3) is 4.08. The number of carbonyl (C=O) groups is 2. The smallest absolute Gasteiger partial charge is 0.319 e. The minimum Gasteiger partial charge on any atom is -0.497 e. The third-order valence-electron chi connectivity index (χ3n) is 4.27. The van der Waals surface area contributed by atoms with Crippen molar-refractivity contribution in [1.82, 2.24) is 5.32 Å². The molecule has 1 saturated heterocycles. The predicted molar refractivity (Wildman–Crippen MR) is 102 cm³/mol. The third-order valence-corrected chi connectivity index (χ3v) is 4.68. The lowest BCUT2D eigenvalue weighted by Gasteiger charge is -2.18. The van der Waals surface area contributed by atoms with Gasteiger partial charge in [0.05, 0.1) is 13.2 Å². The highest BCUT2D eigenvalue weighted by atomic mass is 35.5. The first-order chi connectivity index (χ1) is 12.5. The summed E-state index contributed by atoms with van der Waals surface area (Å²) in [7, 11) is 1.59. The van der Waals surface area contributed by atoms with E-state index in [1.54, 1.807) is 36.3 Å². The van der Waals surface area contributed by atoms with E-state index >= 15 is 0 Å². The molecule has 7 heteroatoms. The van der Waals surface area contributed by atoms with E-state index in [2.05, 4.69) is 10.6 Å². The summed E-state index contributed by atoms with van der Waals surface area (Å²) in [6, 6.07) is 12.0. The molecule has 1 heterocycles. The van der Waals surface area contributed by atoms with E-state index in [1.165, 1.54) is 0 Å². The summed E-state index contributed by atoms with van der Waals surface area (Å²) in [6.07, 6.45) is 0.258. The molecule has 0 saturated carbocycles. The van der Waals surface area contributed by atoms with Crippen LogP contribution in [0.3, 0.4) is 0 Å². The topological polar surface area (TPSA) is 70.7 Å². The molecule has 3 rings (SSSR count). The maximum absolute atomic E-state index is 12.3. The van der Waals surface area contributed by atoms with Gasteiger partial charge >= 0.3 is 6.03 Å². The Morgan fingerprint density at radius 1 is 1.23 bits per heavy atom. The molecule has 0 aromatic heterocycles. The number of benzene rings is 2. The molecule has 1 aliphatic heterocycles. The standard InChI is InChI=1S/C19H20ClN3O3/c1-12-3-4-13(9-17(12)20)21-19(25)22-14-10-18(24)23(11-14)15-5-7-16(26-2)8-6-15/h3-9,14H,10-11H2,1-2H3,(H2,21,22,25). The number of aryl methyl sites for hydroxylation is 1. The minimum absolute atomic E-state index is 0.0288. The Hall–Kier alpha value is -2.73. The summed E-state index contributed by atoms with van der Waals surface area (Å²) < 4.78 is 5.13. The Kier molecular flexibility index (Phi) is 5.32. The van der Waals surface area contributed by atoms with Crippen molar-refractivity contribution in [3.05, 3.63) is 53.1 Å². The Bertz CT molecular complexity index is 823. The normalized spacial score (nSPS) is 16.5. The van der Waals surface area contributed by atoms with Crippen LogP contribution in [0.1, 0.15) is 12.0 Å². The first-order valence-corrected chi connectivity index (χ1v) is 8.62. The van der Waals surface area contributed by atoms with Crippen LogP contribution in [0.15, 0.2) is 42.5 Å². The van der Waals surface area contributed by atoms with Crippen LogP contribution in [-0.2, 0) is 4.79 Å². The zero-order chi connectivity index (χ0) is 18.7. The van der Waals surface area contributed by atoms with E-state index in [4.69, 9.17) is 16.3 Å². The van der Waals surface area contributed by atoms with Gasteiger partial charge in [-0.2, -0.15) is 0 Å². The van der Waals surface area contributed by atoms with Crippen molar-refractivity contribution in [2.45, 2.75) is 19.4 Å². The van der Waals surface area contributed by atoms with Crippen molar-refractivity contribution < 1.29 is 14.3 Å². The van der Waals surface area contributed by atoms with Gasteiger partial charge in [-0.25, -0.2) is 4.79 Å². The van der Waals surface area contributed by atoms with Gasteiger partial charge in [0.2, 0.25) is 5.91 Å². The van der Waals surface area contributed by atoms with Crippen LogP contribution in [0.4, 0.5) is 16.2 Å². The molecule has 1 fully saturated rings. The van der Waals surface area contributed by atoms with Crippen molar-refractivity contribution in [3.63, 3.8) is 0 Å². The first-order valence-electron chi connectivity index (χ1n) is 8.24. The van der Waals surface area contributed by atoms with Crippen LogP contribution in [0.2, 0.25) is 5.02 Å². The molecule has 2 aromatic carbocycles. The van der Waals surface area contributed by atoms with Gasteiger partial charge in [0.25, 0.3) is 0 Å². The molecule has 0 bridgehead atoms. The molecule has 0 radical (unpaired) electrons. The molecular weight excluding hydrogens is 354 g/mol. The second-order valence-electron chi connectivity index (χ2n) is 6.17. The van der Waals surface area contributed by atoms with Crippen LogP contribution in [0.5, 0.6) is 5.75 Å². The molecule has 1 atom stereocenters. The number of rotatable bonds is 4. The zero-order valence-corrected chi connectivity index (χ0v) is 15.3. The van der Waals surface area contributed by atoms with E-state index in [1.807, 2.05) is 25.1 Å². The number of hydrogen-bond donors (Lipinski definition) is 2. The zero-order valence-electron chi connectivity index (χ0n) is 14.6. The van der Waals surface area contributed by atoms with Crippen LogP contribution in [0.25, 0.3) is 0 Å². The summed E-state index contributed by atoms with van der Waals surface area (Å²) >= 11 is 6.06. The van der Waals surface area contributed by atoms with E-state index in [0.717, 1.165) is 17.0 Å². The van der Waals surface area contributed by atoms with Gasteiger partial charge in [-0.3, -0.25) is 4.79 Å². The van der Waals surface area contributed by atoms with Crippen LogP contribution < -0.4 is 20.3 Å². The monoisotopic (exact) mass is 373 g/mol. The highest BCUT2D eigenvalue weighted by Gasteiger charge is 2.31. The van der Waals surface area contributed by atoms with E-state index < -0.39 is 0 Å². The van der Waals surface area contributed by atoms with E-state index in [9.17, 15) is 9.59 Å². The minimum atomic E-state index is -0.362. The lowest BCUT2D eigenvalue weighted by atomic mass is 10.2. The quantitative estimate of drug-likeness (QED) is 0.860. The second kappa shape index (κ2) is 7.66. The first kappa shape index (κ1) is 18.1. The maximum atomic E-state index is 12.3. The number of urea groups is 1. The van der Waals surface area contributed by atoms with Crippen molar-refractivity contribution in [1.29, 1.82) is 0 Å². The average Bonchev–Trinajstić information content (AvgIpc) is 2.98. The van der Waals surface area contributed by atoms with Gasteiger partial charge in [0, 0.05) is 29.4 Å². The number of anilines is 2. The molecule has 136 valence electrons. The molecule has 3 amide bonds. The molecule has 1 aliphatic rings. The number of nitrogens with zero attached hydrogens (tertiary/aromatic N) is 1. The number of halogens is 1. The summed E-state index contributed by atoms with van der Waals surface area (Å²) in [6.45, 7) is 2.32. The highest BCUT2D eigenvalue weighted by Crippen LogP contribution is 2.24. The van der Waals surface area contributed by atoms with E-state index in [-0.39, 0.29) is 24.4 Å². The second-order valence-corrected chi connectivity index (χ2v) is 6.57. The number of hydrogen-bond acceptors (Lipinski definition) is 3. The average molecular weight is 374 g/mol. The number of methoxy groups -OCH3 is 1. The predicted octanol–water partition coefficient (Wildman–Crippen LogP) is 3.58. The molecule has 2 aromatic rings. The molecule has 1 unspecified atom stereocenters. The highest BCUT2D eigenvalue weighted by molar-refractivity contribution is 6.31. The molecule has 0 aliphatic carbocycles. The fourth-order valence-corrected chi connectivity index (χ4v) is 3.02. The molecule has 2 N–H and O–H groups in total. The molecule has 0 spiro atoms. The summed E-state index contributed by atoms with van der Waals surface area (Å²) in [5, 5.41) is 6.16. The summed E-state index contributed by atoms with van der Waals surface area (Å²) in [5.74, 6) is 0.699. The Labute approximate surface area is 157 Å². The van der Waals surface area contributed by atoms with Crippen molar-refractivity contribution in [2.75, 3.05) is 23.9 Å². The Balaban J connectivity index is 1.59. The largest absolute Gasteiger partial charge is 0.497 e. The summed E-state index contributed by atoms with van der Waals surface area (Å²) in [4.78, 5) is 26.1. The van der Waals surface area contributed by atoms with Crippen LogP contribution in [-0.4, -0.2) is 31.6 Å². The van der Waals surface area contributed by atoms with Gasteiger partial charge in [0.15, 0.2) is 0 Å². The number of nitrogens with one attached hydrogen (secondary N) is 2. The van der Waals surface area contributed by atoms with E-state index in [0.29, 0.717) is 17.3 Å². The van der Waals surface area contributed by atoms with Crippen LogP contribution >= 0.6 is 11.6 Å². The Morgan fingerprint density at radius 2 is 1.96 bits per heavy atom. The lowest BCUT2D eigenvalue weighted by Crippen LogP contribution is -2.39. The molecule has 6 nitrogen and oxygen atoms in total. The van der Waals surface area contributed by atoms with Gasteiger partial charge < -0.3 is 20.3 Å². The molecule has 26 heavy (non-hydrogen) atoms. The van der Waals surface area contributed by atoms with Crippen LogP contribution in [0, 0.1) is 6.92 Å². The number of amides is 3. The fraction of sp³-hybridized carbons (Fsp3) is 0.263. The Morgan fingerprint density at radius 3 is 2.62 bits per heavy atom. The maximum Gasteiger partial charge on any atom is 0.319 e. The van der Waals surface area contributed by atoms with Crippen molar-refractivity contribution >= 4 is 34.9 Å². The lowest BCUT2D eigenvalue weighted by molar-refractivity contribution is -0.117. The summed E-state index contributed by atoms with van der Waals surface area (Å²) in [5.41, 5.74) is 2.33. The van der Waals surface area contributed by atoms with Gasteiger partial charge in [-0.05, 0) is 48.9 Å². The SMILES string of the molecule is COc1ccc(N2CC(NC(=O)Nc3ccc(C)c(Cl)c3)CC2=O)cc1. The van der Waals surface area contributed by atoms with Crippen molar-refractivity contribution in [2.24, 2.45) is 0 Å². The van der Waals surface area contributed by atoms with Gasteiger partial charge in [0.1, 0.15) is 5.75 Å². The fourth-order valence-electron chi connectivity index (χ4n) is 2.84. The number of ether oxygens (including phenoxy) is 1. The van der Waals surface area contributed by atoms with Crippen molar-refractivity contribution in [3.8, 4) is 5.75 Å². The van der Waals surface area contributed by atoms with Gasteiger partial charge in [-0.15, -0.1) is 0 Å². The number of carbonyl (C=O) groups excluding carboxylic acids is 2.